The van der Waals surface area contributed by atoms with Gasteiger partial charge in [-0.1, -0.05) is 13.8 Å². The number of esters is 1. The van der Waals surface area contributed by atoms with Gasteiger partial charge < -0.3 is 4.74 Å². The lowest BCUT2D eigenvalue weighted by molar-refractivity contribution is -0.150. The standard InChI is InChI=1S/C13H25NO2/c1-9(2)11-6-7-12(13(15)16-5)14(8-11)10(3)4/h9-12H,6-8H2,1-5H3. The first-order chi connectivity index (χ1) is 7.47. The van der Waals surface area contributed by atoms with Gasteiger partial charge in [-0.25, -0.2) is 0 Å². The predicted octanol–water partition coefficient (Wildman–Crippen LogP) is 2.30. The zero-order valence-corrected chi connectivity index (χ0v) is 11.2. The highest BCUT2D eigenvalue weighted by Crippen LogP contribution is 2.29. The number of hydrogen-bond acceptors (Lipinski definition) is 3. The van der Waals surface area contributed by atoms with Gasteiger partial charge in [-0.2, -0.15) is 0 Å². The number of ether oxygens (including phenoxy) is 1. The fraction of sp³-hybridized carbons (Fsp3) is 0.923. The van der Waals surface area contributed by atoms with Crippen molar-refractivity contribution in [3.63, 3.8) is 0 Å². The zero-order valence-electron chi connectivity index (χ0n) is 11.2. The van der Waals surface area contributed by atoms with Gasteiger partial charge >= 0.3 is 5.97 Å². The summed E-state index contributed by atoms with van der Waals surface area (Å²) >= 11 is 0. The quantitative estimate of drug-likeness (QED) is 0.693. The lowest BCUT2D eigenvalue weighted by atomic mass is 9.84. The summed E-state index contributed by atoms with van der Waals surface area (Å²) in [6.45, 7) is 9.86. The van der Waals surface area contributed by atoms with Gasteiger partial charge in [-0.05, 0) is 38.5 Å². The second-order valence-corrected chi connectivity index (χ2v) is 5.41. The molecule has 3 heteroatoms. The lowest BCUT2D eigenvalue weighted by Gasteiger charge is -2.41. The molecule has 1 aliphatic heterocycles. The van der Waals surface area contributed by atoms with Crippen LogP contribution >= 0.6 is 0 Å². The number of methoxy groups -OCH3 is 1. The molecule has 1 rings (SSSR count). The van der Waals surface area contributed by atoms with E-state index in [1.165, 1.54) is 7.11 Å². The first-order valence-corrected chi connectivity index (χ1v) is 6.31. The third kappa shape index (κ3) is 2.97. The van der Waals surface area contributed by atoms with E-state index >= 15 is 0 Å². The number of likely N-dealkylation sites (tertiary alicyclic amines) is 1. The molecule has 0 N–H and O–H groups in total. The van der Waals surface area contributed by atoms with Gasteiger partial charge in [0.2, 0.25) is 0 Å². The Hall–Kier alpha value is -0.570. The van der Waals surface area contributed by atoms with E-state index in [0.717, 1.165) is 19.4 Å². The molecule has 3 nitrogen and oxygen atoms in total. The Bertz CT molecular complexity index is 238. The third-order valence-corrected chi connectivity index (χ3v) is 3.74. The number of rotatable bonds is 3. The molecule has 94 valence electrons. The monoisotopic (exact) mass is 227 g/mol. The van der Waals surface area contributed by atoms with Gasteiger partial charge in [0.05, 0.1) is 7.11 Å². The van der Waals surface area contributed by atoms with Crippen molar-refractivity contribution >= 4 is 5.97 Å². The van der Waals surface area contributed by atoms with Crippen LogP contribution in [0.25, 0.3) is 0 Å². The van der Waals surface area contributed by atoms with E-state index in [1.54, 1.807) is 0 Å². The van der Waals surface area contributed by atoms with Crippen LogP contribution in [0.4, 0.5) is 0 Å². The molecule has 0 spiro atoms. The number of carbonyl (C=O) groups excluding carboxylic acids is 1. The summed E-state index contributed by atoms with van der Waals surface area (Å²) in [5.74, 6) is 1.33. The van der Waals surface area contributed by atoms with Crippen molar-refractivity contribution in [1.29, 1.82) is 0 Å². The van der Waals surface area contributed by atoms with Gasteiger partial charge in [0.1, 0.15) is 6.04 Å². The Morgan fingerprint density at radius 1 is 1.25 bits per heavy atom. The number of nitrogens with zero attached hydrogens (tertiary/aromatic N) is 1. The Labute approximate surface area is 99.1 Å². The van der Waals surface area contributed by atoms with Crippen LogP contribution in [0.3, 0.4) is 0 Å². The zero-order chi connectivity index (χ0) is 12.3. The molecule has 0 bridgehead atoms. The fourth-order valence-electron chi connectivity index (χ4n) is 2.53. The van der Waals surface area contributed by atoms with Crippen LogP contribution in [0.15, 0.2) is 0 Å². The van der Waals surface area contributed by atoms with Crippen LogP contribution < -0.4 is 0 Å². The van der Waals surface area contributed by atoms with Crippen LogP contribution in [0.5, 0.6) is 0 Å². The minimum absolute atomic E-state index is 0.0278. The topological polar surface area (TPSA) is 29.5 Å². The van der Waals surface area contributed by atoms with Crippen LogP contribution in [0.2, 0.25) is 0 Å². The average molecular weight is 227 g/mol. The minimum atomic E-state index is -0.0732. The van der Waals surface area contributed by atoms with Crippen LogP contribution in [0.1, 0.15) is 40.5 Å². The number of hydrogen-bond donors (Lipinski definition) is 0. The highest BCUT2D eigenvalue weighted by molar-refractivity contribution is 5.75. The molecular weight excluding hydrogens is 202 g/mol. The Morgan fingerprint density at radius 3 is 2.31 bits per heavy atom. The van der Waals surface area contributed by atoms with Gasteiger partial charge in [0.25, 0.3) is 0 Å². The highest BCUT2D eigenvalue weighted by Gasteiger charge is 2.35. The highest BCUT2D eigenvalue weighted by atomic mass is 16.5. The predicted molar refractivity (Wildman–Crippen MR) is 65.2 cm³/mol. The third-order valence-electron chi connectivity index (χ3n) is 3.74. The number of carbonyl (C=O) groups is 1. The van der Waals surface area contributed by atoms with Crippen LogP contribution in [0, 0.1) is 11.8 Å². The van der Waals surface area contributed by atoms with Gasteiger partial charge in [-0.15, -0.1) is 0 Å². The molecule has 0 aliphatic carbocycles. The summed E-state index contributed by atoms with van der Waals surface area (Å²) in [4.78, 5) is 14.0. The molecule has 1 heterocycles. The summed E-state index contributed by atoms with van der Waals surface area (Å²) < 4.78 is 4.89. The van der Waals surface area contributed by atoms with Crippen molar-refractivity contribution in [1.82, 2.24) is 4.90 Å². The van der Waals surface area contributed by atoms with E-state index in [0.29, 0.717) is 17.9 Å². The van der Waals surface area contributed by atoms with E-state index in [-0.39, 0.29) is 12.0 Å². The van der Waals surface area contributed by atoms with E-state index in [1.807, 2.05) is 0 Å². The van der Waals surface area contributed by atoms with Crippen molar-refractivity contribution in [2.45, 2.75) is 52.6 Å². The van der Waals surface area contributed by atoms with Crippen molar-refractivity contribution in [3.05, 3.63) is 0 Å². The first kappa shape index (κ1) is 13.5. The summed E-state index contributed by atoms with van der Waals surface area (Å²) in [7, 11) is 1.48. The fourth-order valence-corrected chi connectivity index (χ4v) is 2.53. The van der Waals surface area contributed by atoms with Crippen LogP contribution in [-0.4, -0.2) is 36.6 Å². The van der Waals surface area contributed by atoms with Crippen molar-refractivity contribution in [2.24, 2.45) is 11.8 Å². The van der Waals surface area contributed by atoms with Gasteiger partial charge in [0.15, 0.2) is 0 Å². The maximum absolute atomic E-state index is 11.7. The van der Waals surface area contributed by atoms with E-state index in [2.05, 4.69) is 32.6 Å². The molecule has 1 aliphatic rings. The van der Waals surface area contributed by atoms with Crippen molar-refractivity contribution < 1.29 is 9.53 Å². The summed E-state index contributed by atoms with van der Waals surface area (Å²) in [5.41, 5.74) is 0. The average Bonchev–Trinajstić information content (AvgIpc) is 2.26. The van der Waals surface area contributed by atoms with Crippen LogP contribution in [-0.2, 0) is 9.53 Å². The molecule has 0 amide bonds. The SMILES string of the molecule is COC(=O)C1CCC(C(C)C)CN1C(C)C. The van der Waals surface area contributed by atoms with E-state index in [9.17, 15) is 4.79 Å². The Kier molecular flexibility index (Phi) is 4.78. The molecule has 0 aromatic carbocycles. The molecule has 0 saturated carbocycles. The Balaban J connectivity index is 2.71. The summed E-state index contributed by atoms with van der Waals surface area (Å²) in [6, 6.07) is 0.380. The molecule has 2 atom stereocenters. The maximum atomic E-state index is 11.7. The smallest absolute Gasteiger partial charge is 0.323 e. The maximum Gasteiger partial charge on any atom is 0.323 e. The molecule has 16 heavy (non-hydrogen) atoms. The second kappa shape index (κ2) is 5.67. The van der Waals surface area contributed by atoms with Crippen molar-refractivity contribution in [2.75, 3.05) is 13.7 Å². The number of piperidine rings is 1. The van der Waals surface area contributed by atoms with E-state index < -0.39 is 0 Å². The first-order valence-electron chi connectivity index (χ1n) is 6.31. The minimum Gasteiger partial charge on any atom is -0.468 e. The normalized spacial score (nSPS) is 27.4. The molecule has 1 fully saturated rings. The molecule has 0 aromatic heterocycles. The largest absolute Gasteiger partial charge is 0.468 e. The molecular formula is C13H25NO2. The van der Waals surface area contributed by atoms with Gasteiger partial charge in [-0.3, -0.25) is 9.69 Å². The van der Waals surface area contributed by atoms with E-state index in [4.69, 9.17) is 4.74 Å². The molecule has 0 radical (unpaired) electrons. The summed E-state index contributed by atoms with van der Waals surface area (Å²) in [5, 5.41) is 0. The lowest BCUT2D eigenvalue weighted by Crippen LogP contribution is -2.51. The van der Waals surface area contributed by atoms with Gasteiger partial charge in [0, 0.05) is 12.6 Å². The second-order valence-electron chi connectivity index (χ2n) is 5.41. The molecule has 2 unspecified atom stereocenters. The molecule has 1 saturated heterocycles. The summed E-state index contributed by atoms with van der Waals surface area (Å²) in [6.07, 6.45) is 2.08. The Morgan fingerprint density at radius 2 is 1.88 bits per heavy atom. The molecule has 0 aromatic rings. The van der Waals surface area contributed by atoms with Crippen molar-refractivity contribution in [3.8, 4) is 0 Å².